The average Bonchev–Trinajstić information content (AvgIpc) is 2.62. The first kappa shape index (κ1) is 18.9. The van der Waals surface area contributed by atoms with Crippen LogP contribution in [0.2, 0.25) is 0 Å². The molecular formula is C19H24N4O4. The number of aromatic amines is 1. The lowest BCUT2D eigenvalue weighted by atomic mass is 10.0. The molecule has 1 aliphatic heterocycles. The van der Waals surface area contributed by atoms with E-state index >= 15 is 0 Å². The van der Waals surface area contributed by atoms with Gasteiger partial charge in [0.15, 0.2) is 0 Å². The third-order valence-electron chi connectivity index (χ3n) is 4.85. The number of piperazine rings is 1. The number of nitrogens with zero attached hydrogens (tertiary/aromatic N) is 2. The Bertz CT molecular complexity index is 900. The average molecular weight is 372 g/mol. The molecule has 144 valence electrons. The van der Waals surface area contributed by atoms with Crippen molar-refractivity contribution in [3.05, 3.63) is 45.7 Å². The Balaban J connectivity index is 1.56. The molecule has 0 unspecified atom stereocenters. The number of aryl methyl sites for hydroxylation is 1. The van der Waals surface area contributed by atoms with Crippen LogP contribution < -0.4 is 11.3 Å². The number of hydrogen-bond acceptors (Lipinski definition) is 5. The Labute approximate surface area is 156 Å². The number of rotatable bonds is 5. The van der Waals surface area contributed by atoms with Crippen LogP contribution in [0.1, 0.15) is 11.1 Å². The summed E-state index contributed by atoms with van der Waals surface area (Å²) in [6.07, 6.45) is -0.433. The summed E-state index contributed by atoms with van der Waals surface area (Å²) in [6.45, 7) is 5.56. The summed E-state index contributed by atoms with van der Waals surface area (Å²) >= 11 is 0. The molecule has 0 saturated carbocycles. The number of H-pyrrole nitrogens is 1. The predicted octanol–water partition coefficient (Wildman–Crippen LogP) is 0.619. The van der Waals surface area contributed by atoms with E-state index in [-0.39, 0.29) is 18.1 Å². The molecule has 27 heavy (non-hydrogen) atoms. The molecule has 1 aromatic heterocycles. The molecule has 0 spiro atoms. The van der Waals surface area contributed by atoms with Crippen LogP contribution in [0.3, 0.4) is 0 Å². The van der Waals surface area contributed by atoms with Gasteiger partial charge in [-0.15, -0.1) is 0 Å². The summed E-state index contributed by atoms with van der Waals surface area (Å²) in [6, 6.07) is 7.26. The standard InChI is InChI=1S/C19H24N4O4/c1-13-10-17(24)21-16-3-2-14(11-15(13)16)12-18(25)23-6-4-22(5-7-23)8-9-27-19(20)26/h2-3,10-11H,4-9,12H2,1H3,(H2,20,26)(H,21,24). The predicted molar refractivity (Wildman–Crippen MR) is 102 cm³/mol. The molecule has 3 rings (SSSR count). The Morgan fingerprint density at radius 1 is 1.19 bits per heavy atom. The number of fused-ring (bicyclic) bond motifs is 1. The van der Waals surface area contributed by atoms with Crippen molar-refractivity contribution in [2.75, 3.05) is 39.3 Å². The van der Waals surface area contributed by atoms with Crippen LogP contribution in [-0.2, 0) is 16.0 Å². The Kier molecular flexibility index (Phi) is 5.75. The van der Waals surface area contributed by atoms with Crippen LogP contribution in [0.5, 0.6) is 0 Å². The second-order valence-electron chi connectivity index (χ2n) is 6.76. The first-order valence-electron chi connectivity index (χ1n) is 8.97. The minimum absolute atomic E-state index is 0.0875. The van der Waals surface area contributed by atoms with Gasteiger partial charge in [-0.1, -0.05) is 6.07 Å². The smallest absolute Gasteiger partial charge is 0.404 e. The number of carbonyl (C=O) groups is 2. The Morgan fingerprint density at radius 3 is 2.63 bits per heavy atom. The van der Waals surface area contributed by atoms with Gasteiger partial charge in [0.05, 0.1) is 6.42 Å². The number of nitrogens with two attached hydrogens (primary N) is 1. The van der Waals surface area contributed by atoms with Crippen LogP contribution in [0, 0.1) is 6.92 Å². The maximum atomic E-state index is 12.6. The molecule has 0 atom stereocenters. The van der Waals surface area contributed by atoms with E-state index in [1.54, 1.807) is 6.07 Å². The second kappa shape index (κ2) is 8.22. The summed E-state index contributed by atoms with van der Waals surface area (Å²) in [5.74, 6) is 0.0875. The molecule has 8 heteroatoms. The maximum absolute atomic E-state index is 12.6. The van der Waals surface area contributed by atoms with E-state index in [1.807, 2.05) is 30.0 Å². The van der Waals surface area contributed by atoms with E-state index < -0.39 is 6.09 Å². The Hall–Kier alpha value is -2.87. The van der Waals surface area contributed by atoms with Gasteiger partial charge in [-0.25, -0.2) is 4.79 Å². The van der Waals surface area contributed by atoms with Gasteiger partial charge in [0.1, 0.15) is 6.61 Å². The van der Waals surface area contributed by atoms with Crippen LogP contribution in [0.15, 0.2) is 29.1 Å². The minimum atomic E-state index is -0.765. The van der Waals surface area contributed by atoms with Crippen molar-refractivity contribution in [1.82, 2.24) is 14.8 Å². The lowest BCUT2D eigenvalue weighted by Crippen LogP contribution is -2.49. The van der Waals surface area contributed by atoms with Gasteiger partial charge in [0, 0.05) is 49.7 Å². The van der Waals surface area contributed by atoms with Crippen molar-refractivity contribution < 1.29 is 14.3 Å². The van der Waals surface area contributed by atoms with Crippen LogP contribution in [-0.4, -0.2) is 66.1 Å². The highest BCUT2D eigenvalue weighted by Gasteiger charge is 2.21. The topological polar surface area (TPSA) is 109 Å². The maximum Gasteiger partial charge on any atom is 0.404 e. The van der Waals surface area contributed by atoms with Gasteiger partial charge in [-0.05, 0) is 30.2 Å². The molecule has 2 aromatic rings. The Morgan fingerprint density at radius 2 is 1.93 bits per heavy atom. The van der Waals surface area contributed by atoms with Crippen molar-refractivity contribution in [3.63, 3.8) is 0 Å². The lowest BCUT2D eigenvalue weighted by molar-refractivity contribution is -0.132. The third kappa shape index (κ3) is 4.85. The van der Waals surface area contributed by atoms with Crippen molar-refractivity contribution in [2.24, 2.45) is 5.73 Å². The minimum Gasteiger partial charge on any atom is -0.448 e. The highest BCUT2D eigenvalue weighted by Crippen LogP contribution is 2.17. The first-order chi connectivity index (χ1) is 12.9. The number of benzene rings is 1. The summed E-state index contributed by atoms with van der Waals surface area (Å²) < 4.78 is 4.74. The highest BCUT2D eigenvalue weighted by atomic mass is 16.5. The molecule has 1 aliphatic rings. The van der Waals surface area contributed by atoms with Gasteiger partial charge < -0.3 is 20.4 Å². The highest BCUT2D eigenvalue weighted by molar-refractivity contribution is 5.85. The summed E-state index contributed by atoms with van der Waals surface area (Å²) in [5, 5.41) is 0.958. The number of aromatic nitrogens is 1. The van der Waals surface area contributed by atoms with Crippen molar-refractivity contribution >= 4 is 22.9 Å². The molecule has 1 aromatic carbocycles. The van der Waals surface area contributed by atoms with E-state index in [0.29, 0.717) is 26.1 Å². The molecule has 1 fully saturated rings. The lowest BCUT2D eigenvalue weighted by Gasteiger charge is -2.34. The number of ether oxygens (including phenoxy) is 1. The summed E-state index contributed by atoms with van der Waals surface area (Å²) in [4.78, 5) is 41.6. The van der Waals surface area contributed by atoms with E-state index in [9.17, 15) is 14.4 Å². The largest absolute Gasteiger partial charge is 0.448 e. The van der Waals surface area contributed by atoms with E-state index in [0.717, 1.165) is 35.1 Å². The van der Waals surface area contributed by atoms with Crippen LogP contribution >= 0.6 is 0 Å². The summed E-state index contributed by atoms with van der Waals surface area (Å²) in [7, 11) is 0. The van der Waals surface area contributed by atoms with Crippen LogP contribution in [0.4, 0.5) is 4.79 Å². The molecule has 8 nitrogen and oxygen atoms in total. The van der Waals surface area contributed by atoms with Gasteiger partial charge in [-0.3, -0.25) is 14.5 Å². The SMILES string of the molecule is Cc1cc(=O)[nH]c2ccc(CC(=O)N3CCN(CCOC(N)=O)CC3)cc12. The second-order valence-corrected chi connectivity index (χ2v) is 6.76. The van der Waals surface area contributed by atoms with Crippen molar-refractivity contribution in [1.29, 1.82) is 0 Å². The normalized spacial score (nSPS) is 15.1. The molecule has 1 saturated heterocycles. The number of primary amides is 1. The van der Waals surface area contributed by atoms with Crippen LogP contribution in [0.25, 0.3) is 10.9 Å². The van der Waals surface area contributed by atoms with Crippen molar-refractivity contribution in [2.45, 2.75) is 13.3 Å². The molecule has 2 heterocycles. The van der Waals surface area contributed by atoms with Gasteiger partial charge in [0.25, 0.3) is 0 Å². The zero-order valence-electron chi connectivity index (χ0n) is 15.4. The fourth-order valence-electron chi connectivity index (χ4n) is 3.36. The summed E-state index contributed by atoms with van der Waals surface area (Å²) in [5.41, 5.74) is 7.43. The zero-order chi connectivity index (χ0) is 19.4. The fourth-order valence-corrected chi connectivity index (χ4v) is 3.36. The third-order valence-corrected chi connectivity index (χ3v) is 4.85. The molecule has 3 N–H and O–H groups in total. The number of nitrogens with one attached hydrogen (secondary N) is 1. The van der Waals surface area contributed by atoms with Gasteiger partial charge >= 0.3 is 6.09 Å². The number of amides is 2. The van der Waals surface area contributed by atoms with Crippen molar-refractivity contribution in [3.8, 4) is 0 Å². The molecular weight excluding hydrogens is 348 g/mol. The number of pyridine rings is 1. The molecule has 0 radical (unpaired) electrons. The quantitative estimate of drug-likeness (QED) is 0.800. The monoisotopic (exact) mass is 372 g/mol. The molecule has 0 aliphatic carbocycles. The van der Waals surface area contributed by atoms with E-state index in [2.05, 4.69) is 9.88 Å². The number of carbonyl (C=O) groups excluding carboxylic acids is 2. The number of hydrogen-bond donors (Lipinski definition) is 2. The molecule has 0 bridgehead atoms. The molecule has 2 amide bonds. The van der Waals surface area contributed by atoms with E-state index in [1.165, 1.54) is 0 Å². The van der Waals surface area contributed by atoms with E-state index in [4.69, 9.17) is 10.5 Å². The van der Waals surface area contributed by atoms with Gasteiger partial charge in [0.2, 0.25) is 11.5 Å². The zero-order valence-corrected chi connectivity index (χ0v) is 15.4. The first-order valence-corrected chi connectivity index (χ1v) is 8.97. The fraction of sp³-hybridized carbons (Fsp3) is 0.421. The van der Waals surface area contributed by atoms with Gasteiger partial charge in [-0.2, -0.15) is 0 Å².